The van der Waals surface area contributed by atoms with Gasteiger partial charge in [-0.3, -0.25) is 9.69 Å². The zero-order chi connectivity index (χ0) is 32.9. The molecule has 4 heterocycles. The number of carbonyl (C=O) groups excluding carboxylic acids is 2. The number of ether oxygens (including phenoxy) is 2. The summed E-state index contributed by atoms with van der Waals surface area (Å²) in [5, 5.41) is 5.73. The molecule has 2 unspecified atom stereocenters. The third-order valence-electron chi connectivity index (χ3n) is 8.85. The van der Waals surface area contributed by atoms with Gasteiger partial charge in [-0.05, 0) is 76.2 Å². The molecule has 3 aliphatic rings. The molecule has 3 fully saturated rings. The van der Waals surface area contributed by atoms with Crippen LogP contribution in [0.15, 0.2) is 48.5 Å². The third-order valence-corrected chi connectivity index (χ3v) is 8.85. The van der Waals surface area contributed by atoms with Crippen molar-refractivity contribution >= 4 is 35.2 Å². The largest absolute Gasteiger partial charge is 0.378 e. The van der Waals surface area contributed by atoms with Crippen LogP contribution in [0.2, 0.25) is 0 Å². The molecule has 47 heavy (non-hydrogen) atoms. The van der Waals surface area contributed by atoms with Crippen molar-refractivity contribution in [3.8, 4) is 11.4 Å². The van der Waals surface area contributed by atoms with Gasteiger partial charge in [-0.1, -0.05) is 0 Å². The van der Waals surface area contributed by atoms with Crippen molar-refractivity contribution in [2.24, 2.45) is 0 Å². The van der Waals surface area contributed by atoms with Gasteiger partial charge >= 0.3 is 6.03 Å². The van der Waals surface area contributed by atoms with Crippen LogP contribution in [0.4, 0.5) is 28.1 Å². The van der Waals surface area contributed by atoms with E-state index in [2.05, 4.69) is 46.1 Å². The quantitative estimate of drug-likeness (QED) is 0.393. The molecule has 3 amide bonds. The molecule has 2 aromatic carbocycles. The molecule has 2 atom stereocenters. The zero-order valence-corrected chi connectivity index (χ0v) is 27.7. The first-order valence-electron chi connectivity index (χ1n) is 16.5. The first-order chi connectivity index (χ1) is 22.7. The van der Waals surface area contributed by atoms with Gasteiger partial charge in [0.25, 0.3) is 5.91 Å². The lowest BCUT2D eigenvalue weighted by molar-refractivity contribution is 0.0426. The maximum atomic E-state index is 13.1. The summed E-state index contributed by atoms with van der Waals surface area (Å²) in [7, 11) is 0. The minimum atomic E-state index is -0.381. The van der Waals surface area contributed by atoms with Crippen molar-refractivity contribution in [1.29, 1.82) is 0 Å². The Hall–Kier alpha value is -4.33. The standard InChI is InChI=1S/C34H45N9O4/c1-23(2)43-14-13-41(21-24(43)3)31(44)27-7-11-29(12-8-27)36-34(45)35-28-9-5-26(6-10-28)30-37-32(40-15-18-46-19-16-40)39-33(38-30)42-17-20-47-25(4)22-42/h5-12,23-25H,13-22H2,1-4H3,(H2,35,36,45). The van der Waals surface area contributed by atoms with Crippen molar-refractivity contribution < 1.29 is 19.1 Å². The lowest BCUT2D eigenvalue weighted by Gasteiger charge is -2.42. The molecule has 3 aliphatic heterocycles. The van der Waals surface area contributed by atoms with Gasteiger partial charge in [-0.2, -0.15) is 15.0 Å². The van der Waals surface area contributed by atoms with Crippen LogP contribution < -0.4 is 20.4 Å². The van der Waals surface area contributed by atoms with Crippen LogP contribution in [-0.4, -0.2) is 121 Å². The average Bonchev–Trinajstić information content (AvgIpc) is 3.08. The van der Waals surface area contributed by atoms with E-state index >= 15 is 0 Å². The van der Waals surface area contributed by atoms with Crippen molar-refractivity contribution in [3.63, 3.8) is 0 Å². The normalized spacial score (nSPS) is 20.7. The van der Waals surface area contributed by atoms with Crippen molar-refractivity contribution in [1.82, 2.24) is 24.8 Å². The SMILES string of the molecule is CC1CN(c2nc(-c3ccc(NC(=O)Nc4ccc(C(=O)N5CCN(C(C)C)C(C)C5)cc4)cc3)nc(N3CCOCC3)n2)CCO1. The van der Waals surface area contributed by atoms with Gasteiger partial charge < -0.3 is 34.8 Å². The van der Waals surface area contributed by atoms with Crippen molar-refractivity contribution in [2.45, 2.75) is 45.9 Å². The fraction of sp³-hybridized carbons (Fsp3) is 0.500. The second kappa shape index (κ2) is 14.6. The highest BCUT2D eigenvalue weighted by Gasteiger charge is 2.29. The van der Waals surface area contributed by atoms with Gasteiger partial charge in [0.05, 0.1) is 25.9 Å². The summed E-state index contributed by atoms with van der Waals surface area (Å²) in [6, 6.07) is 14.9. The Morgan fingerprint density at radius 1 is 0.766 bits per heavy atom. The van der Waals surface area contributed by atoms with Gasteiger partial charge in [0.2, 0.25) is 11.9 Å². The van der Waals surface area contributed by atoms with E-state index < -0.39 is 0 Å². The van der Waals surface area contributed by atoms with E-state index in [0.717, 1.165) is 12.1 Å². The molecule has 3 saturated heterocycles. The number of benzene rings is 2. The predicted molar refractivity (Wildman–Crippen MR) is 182 cm³/mol. The molecule has 3 aromatic rings. The fourth-order valence-corrected chi connectivity index (χ4v) is 6.33. The number of carbonyl (C=O) groups is 2. The smallest absolute Gasteiger partial charge is 0.323 e. The number of nitrogens with one attached hydrogen (secondary N) is 2. The number of amides is 3. The van der Waals surface area contributed by atoms with Crippen molar-refractivity contribution in [3.05, 3.63) is 54.1 Å². The summed E-state index contributed by atoms with van der Waals surface area (Å²) in [5.74, 6) is 1.84. The number of nitrogens with zero attached hydrogens (tertiary/aromatic N) is 7. The van der Waals surface area contributed by atoms with Gasteiger partial charge in [0.15, 0.2) is 5.82 Å². The molecular weight excluding hydrogens is 598 g/mol. The Morgan fingerprint density at radius 3 is 2.00 bits per heavy atom. The zero-order valence-electron chi connectivity index (χ0n) is 27.7. The van der Waals surface area contributed by atoms with Gasteiger partial charge in [0.1, 0.15) is 0 Å². The molecule has 0 spiro atoms. The molecule has 0 bridgehead atoms. The number of urea groups is 1. The summed E-state index contributed by atoms with van der Waals surface area (Å²) in [5.41, 5.74) is 2.64. The van der Waals surface area contributed by atoms with Gasteiger partial charge in [-0.25, -0.2) is 4.79 Å². The van der Waals surface area contributed by atoms with Gasteiger partial charge in [0, 0.05) is 80.4 Å². The monoisotopic (exact) mass is 643 g/mol. The number of hydrogen-bond donors (Lipinski definition) is 2. The molecule has 13 nitrogen and oxygen atoms in total. The highest BCUT2D eigenvalue weighted by molar-refractivity contribution is 6.00. The predicted octanol–water partition coefficient (Wildman–Crippen LogP) is 3.80. The fourth-order valence-electron chi connectivity index (χ4n) is 6.33. The molecule has 6 rings (SSSR count). The maximum absolute atomic E-state index is 13.1. The Kier molecular flexibility index (Phi) is 10.1. The first-order valence-corrected chi connectivity index (χ1v) is 16.5. The summed E-state index contributed by atoms with van der Waals surface area (Å²) in [6.45, 7) is 15.6. The average molecular weight is 644 g/mol. The minimum Gasteiger partial charge on any atom is -0.378 e. The lowest BCUT2D eigenvalue weighted by Crippen LogP contribution is -2.55. The van der Waals surface area contributed by atoms with E-state index in [0.29, 0.717) is 106 Å². The van der Waals surface area contributed by atoms with Crippen LogP contribution in [0.1, 0.15) is 38.1 Å². The van der Waals surface area contributed by atoms with Crippen LogP contribution in [0, 0.1) is 0 Å². The number of morpholine rings is 2. The summed E-state index contributed by atoms with van der Waals surface area (Å²) in [6.07, 6.45) is 0.0904. The van der Waals surface area contributed by atoms with Crippen LogP contribution in [-0.2, 0) is 9.47 Å². The lowest BCUT2D eigenvalue weighted by atomic mass is 10.1. The number of anilines is 4. The summed E-state index contributed by atoms with van der Waals surface area (Å²) >= 11 is 0. The van der Waals surface area contributed by atoms with E-state index in [9.17, 15) is 9.59 Å². The molecule has 250 valence electrons. The van der Waals surface area contributed by atoms with E-state index in [-0.39, 0.29) is 18.0 Å². The molecule has 0 saturated carbocycles. The maximum Gasteiger partial charge on any atom is 0.323 e. The molecule has 0 radical (unpaired) electrons. The Morgan fingerprint density at radius 2 is 1.38 bits per heavy atom. The summed E-state index contributed by atoms with van der Waals surface area (Å²) in [4.78, 5) is 49.0. The van der Waals surface area contributed by atoms with Gasteiger partial charge in [-0.15, -0.1) is 0 Å². The Balaban J connectivity index is 1.08. The molecule has 13 heteroatoms. The van der Waals surface area contributed by atoms with Crippen LogP contribution in [0.5, 0.6) is 0 Å². The van der Waals surface area contributed by atoms with Crippen LogP contribution in [0.25, 0.3) is 11.4 Å². The number of rotatable bonds is 7. The number of piperazine rings is 1. The van der Waals surface area contributed by atoms with E-state index in [1.165, 1.54) is 0 Å². The Bertz CT molecular complexity index is 1530. The summed E-state index contributed by atoms with van der Waals surface area (Å²) < 4.78 is 11.3. The molecule has 1 aromatic heterocycles. The van der Waals surface area contributed by atoms with Crippen LogP contribution in [0.3, 0.4) is 0 Å². The highest BCUT2D eigenvalue weighted by Crippen LogP contribution is 2.25. The third kappa shape index (κ3) is 7.98. The first kappa shape index (κ1) is 32.6. The second-order valence-corrected chi connectivity index (χ2v) is 12.7. The number of aromatic nitrogens is 3. The van der Waals surface area contributed by atoms with E-state index in [4.69, 9.17) is 24.4 Å². The van der Waals surface area contributed by atoms with E-state index in [1.54, 1.807) is 24.3 Å². The van der Waals surface area contributed by atoms with E-state index in [1.807, 2.05) is 36.1 Å². The molecule has 2 N–H and O–H groups in total. The molecule has 0 aliphatic carbocycles. The second-order valence-electron chi connectivity index (χ2n) is 12.7. The minimum absolute atomic E-state index is 0.0122. The Labute approximate surface area is 276 Å². The number of hydrogen-bond acceptors (Lipinski definition) is 10. The van der Waals surface area contributed by atoms with Crippen molar-refractivity contribution in [2.75, 3.05) is 86.1 Å². The van der Waals surface area contributed by atoms with Crippen LogP contribution >= 0.6 is 0 Å². The topological polar surface area (TPSA) is 128 Å². The highest BCUT2D eigenvalue weighted by atomic mass is 16.5. The molecular formula is C34H45N9O4.